The summed E-state index contributed by atoms with van der Waals surface area (Å²) < 4.78 is 1.66. The molecule has 1 aromatic heterocycles. The zero-order valence-corrected chi connectivity index (χ0v) is 14.4. The molecule has 25 heavy (non-hydrogen) atoms. The Morgan fingerprint density at radius 3 is 2.68 bits per heavy atom. The van der Waals surface area contributed by atoms with Crippen LogP contribution in [0.4, 0.5) is 10.6 Å². The van der Waals surface area contributed by atoms with E-state index < -0.39 is 17.9 Å². The van der Waals surface area contributed by atoms with E-state index in [1.807, 2.05) is 13.0 Å². The first-order valence-corrected chi connectivity index (χ1v) is 8.47. The van der Waals surface area contributed by atoms with Gasteiger partial charge in [0.25, 0.3) is 5.91 Å². The van der Waals surface area contributed by atoms with Gasteiger partial charge in [0, 0.05) is 32.7 Å². The number of nitrogens with one attached hydrogen (secondary N) is 1. The maximum Gasteiger partial charge on any atom is 0.318 e. The molecule has 2 N–H and O–H groups in total. The number of likely N-dealkylation sites (tertiary alicyclic amines) is 1. The summed E-state index contributed by atoms with van der Waals surface area (Å²) in [6, 6.07) is 0.880. The van der Waals surface area contributed by atoms with E-state index in [0.29, 0.717) is 31.7 Å². The van der Waals surface area contributed by atoms with E-state index >= 15 is 0 Å². The molecule has 0 aromatic carbocycles. The number of rotatable bonds is 3. The predicted molar refractivity (Wildman–Crippen MR) is 89.2 cm³/mol. The van der Waals surface area contributed by atoms with Crippen molar-refractivity contribution in [2.45, 2.75) is 32.2 Å². The lowest BCUT2D eigenvalue weighted by molar-refractivity contribution is -0.141. The zero-order valence-electron chi connectivity index (χ0n) is 14.4. The molecule has 3 rings (SSSR count). The van der Waals surface area contributed by atoms with Crippen molar-refractivity contribution in [1.82, 2.24) is 20.0 Å². The van der Waals surface area contributed by atoms with Crippen molar-refractivity contribution in [3.8, 4) is 0 Å². The van der Waals surface area contributed by atoms with Crippen LogP contribution in [-0.2, 0) is 16.6 Å². The average Bonchev–Trinajstić information content (AvgIpc) is 3.16. The fraction of sp³-hybridized carbons (Fsp3) is 0.625. The molecule has 2 atom stereocenters. The predicted octanol–water partition coefficient (Wildman–Crippen LogP) is 0.340. The van der Waals surface area contributed by atoms with E-state index in [1.54, 1.807) is 16.6 Å². The second kappa shape index (κ2) is 6.73. The minimum absolute atomic E-state index is 0.156. The Balaban J connectivity index is 1.65. The molecular weight excluding hydrogens is 326 g/mol. The van der Waals surface area contributed by atoms with Gasteiger partial charge >= 0.3 is 12.0 Å². The van der Waals surface area contributed by atoms with Crippen LogP contribution in [0.2, 0.25) is 0 Å². The quantitative estimate of drug-likeness (QED) is 0.818. The summed E-state index contributed by atoms with van der Waals surface area (Å²) in [5.41, 5.74) is 0.827. The largest absolute Gasteiger partial charge is 0.481 e. The Bertz CT molecular complexity index is 701. The van der Waals surface area contributed by atoms with E-state index in [4.69, 9.17) is 5.11 Å². The van der Waals surface area contributed by atoms with E-state index in [1.165, 1.54) is 4.90 Å². The van der Waals surface area contributed by atoms with Crippen LogP contribution in [0.3, 0.4) is 0 Å². The van der Waals surface area contributed by atoms with Crippen molar-refractivity contribution in [1.29, 1.82) is 0 Å². The van der Waals surface area contributed by atoms with Crippen LogP contribution in [0.5, 0.6) is 0 Å². The zero-order chi connectivity index (χ0) is 18.1. The second-order valence-electron chi connectivity index (χ2n) is 6.67. The number of nitrogens with zero attached hydrogens (tertiary/aromatic N) is 4. The van der Waals surface area contributed by atoms with Crippen molar-refractivity contribution in [3.63, 3.8) is 0 Å². The van der Waals surface area contributed by atoms with Crippen molar-refractivity contribution in [2.75, 3.05) is 24.5 Å². The summed E-state index contributed by atoms with van der Waals surface area (Å²) in [4.78, 5) is 39.3. The maximum atomic E-state index is 12.8. The van der Waals surface area contributed by atoms with Gasteiger partial charge in [-0.1, -0.05) is 0 Å². The molecule has 0 spiro atoms. The second-order valence-corrected chi connectivity index (χ2v) is 6.67. The first kappa shape index (κ1) is 17.2. The highest BCUT2D eigenvalue weighted by Crippen LogP contribution is 2.22. The van der Waals surface area contributed by atoms with Crippen LogP contribution >= 0.6 is 0 Å². The third-order valence-corrected chi connectivity index (χ3v) is 4.81. The van der Waals surface area contributed by atoms with Crippen LogP contribution in [0.15, 0.2) is 6.07 Å². The highest BCUT2D eigenvalue weighted by atomic mass is 16.4. The number of urea groups is 1. The first-order valence-electron chi connectivity index (χ1n) is 8.47. The molecular formula is C16H23N5O4. The highest BCUT2D eigenvalue weighted by Gasteiger charge is 2.36. The van der Waals surface area contributed by atoms with Crippen LogP contribution < -0.4 is 10.2 Å². The van der Waals surface area contributed by atoms with Gasteiger partial charge in [0.2, 0.25) is 0 Å². The average molecular weight is 349 g/mol. The van der Waals surface area contributed by atoms with Crippen LogP contribution in [0.1, 0.15) is 25.0 Å². The Hall–Kier alpha value is -2.58. The molecule has 1 aromatic rings. The molecule has 3 amide bonds. The lowest BCUT2D eigenvalue weighted by Gasteiger charge is -2.33. The van der Waals surface area contributed by atoms with Crippen molar-refractivity contribution >= 4 is 23.7 Å². The number of carboxylic acids is 1. The van der Waals surface area contributed by atoms with Crippen molar-refractivity contribution in [3.05, 3.63) is 11.8 Å². The number of hydrogen-bond acceptors (Lipinski definition) is 4. The molecule has 2 saturated heterocycles. The Morgan fingerprint density at radius 2 is 2.08 bits per heavy atom. The molecule has 9 nitrogen and oxygen atoms in total. The van der Waals surface area contributed by atoms with Crippen LogP contribution in [-0.4, -0.2) is 63.4 Å². The van der Waals surface area contributed by atoms with Crippen molar-refractivity contribution in [2.24, 2.45) is 13.0 Å². The lowest BCUT2D eigenvalue weighted by Crippen LogP contribution is -2.55. The molecule has 2 aliphatic rings. The highest BCUT2D eigenvalue weighted by molar-refractivity contribution is 5.99. The molecule has 0 saturated carbocycles. The monoisotopic (exact) mass is 349 g/mol. The Morgan fingerprint density at radius 1 is 1.32 bits per heavy atom. The van der Waals surface area contributed by atoms with Gasteiger partial charge in [-0.2, -0.15) is 5.10 Å². The molecule has 0 bridgehead atoms. The van der Waals surface area contributed by atoms with Gasteiger partial charge < -0.3 is 15.3 Å². The van der Waals surface area contributed by atoms with Gasteiger partial charge in [0.15, 0.2) is 0 Å². The molecule has 0 radical (unpaired) electrons. The molecule has 0 aliphatic carbocycles. The SMILES string of the molecule is Cc1cc(N2CCCC(NC(=O)N3CCC(C(=O)O)C3)C2=O)n(C)n1. The van der Waals surface area contributed by atoms with Gasteiger partial charge in [0.1, 0.15) is 11.9 Å². The molecule has 9 heteroatoms. The van der Waals surface area contributed by atoms with Gasteiger partial charge in [-0.05, 0) is 26.2 Å². The lowest BCUT2D eigenvalue weighted by atomic mass is 10.0. The van der Waals surface area contributed by atoms with Crippen molar-refractivity contribution < 1.29 is 19.5 Å². The molecule has 2 fully saturated rings. The number of amides is 3. The van der Waals surface area contributed by atoms with E-state index in [9.17, 15) is 14.4 Å². The van der Waals surface area contributed by atoms with Gasteiger partial charge in [-0.3, -0.25) is 19.2 Å². The van der Waals surface area contributed by atoms with Gasteiger partial charge in [-0.15, -0.1) is 0 Å². The number of piperidine rings is 1. The number of hydrogen-bond donors (Lipinski definition) is 2. The normalized spacial score (nSPS) is 23.8. The van der Waals surface area contributed by atoms with Crippen LogP contribution in [0, 0.1) is 12.8 Å². The number of aromatic nitrogens is 2. The fourth-order valence-electron chi connectivity index (χ4n) is 3.47. The summed E-state index contributed by atoms with van der Waals surface area (Å²) in [6.45, 7) is 3.04. The third kappa shape index (κ3) is 3.45. The summed E-state index contributed by atoms with van der Waals surface area (Å²) in [5, 5.41) is 16.1. The Labute approximate surface area is 145 Å². The molecule has 3 heterocycles. The van der Waals surface area contributed by atoms with Gasteiger partial charge in [-0.25, -0.2) is 4.79 Å². The summed E-state index contributed by atoms with van der Waals surface area (Å²) >= 11 is 0. The Kier molecular flexibility index (Phi) is 4.65. The number of carbonyl (C=O) groups excluding carboxylic acids is 2. The summed E-state index contributed by atoms with van der Waals surface area (Å²) in [5.74, 6) is -0.853. The van der Waals surface area contributed by atoms with E-state index in [2.05, 4.69) is 10.4 Å². The minimum Gasteiger partial charge on any atom is -0.481 e. The maximum absolute atomic E-state index is 12.8. The summed E-state index contributed by atoms with van der Waals surface area (Å²) in [6.07, 6.45) is 1.80. The molecule has 136 valence electrons. The fourth-order valence-corrected chi connectivity index (χ4v) is 3.47. The smallest absolute Gasteiger partial charge is 0.318 e. The number of aliphatic carboxylic acids is 1. The van der Waals surface area contributed by atoms with Crippen LogP contribution in [0.25, 0.3) is 0 Å². The summed E-state index contributed by atoms with van der Waals surface area (Å²) in [7, 11) is 1.79. The van der Waals surface area contributed by atoms with E-state index in [-0.39, 0.29) is 18.5 Å². The number of carboxylic acid groups (broad SMARTS) is 1. The number of aryl methyl sites for hydroxylation is 2. The molecule has 2 unspecified atom stereocenters. The number of carbonyl (C=O) groups is 3. The third-order valence-electron chi connectivity index (χ3n) is 4.81. The minimum atomic E-state index is -0.887. The van der Waals surface area contributed by atoms with Gasteiger partial charge in [0.05, 0.1) is 11.6 Å². The molecule has 2 aliphatic heterocycles. The standard InChI is InChI=1S/C16H23N5O4/c1-10-8-13(19(2)18-10)21-6-3-4-12(14(21)22)17-16(25)20-7-5-11(9-20)15(23)24/h8,11-12H,3-7,9H2,1-2H3,(H,17,25)(H,23,24). The first-order chi connectivity index (χ1) is 11.9. The topological polar surface area (TPSA) is 108 Å². The van der Waals surface area contributed by atoms with E-state index in [0.717, 1.165) is 12.1 Å². The number of anilines is 1.